The van der Waals surface area contributed by atoms with Crippen LogP contribution < -0.4 is 4.74 Å². The number of aromatic nitrogens is 1. The molecule has 0 saturated carbocycles. The fourth-order valence-corrected chi connectivity index (χ4v) is 6.69. The third-order valence-corrected chi connectivity index (χ3v) is 9.89. The molecule has 372 valence electrons. The SMILES string of the molecule is C#CC#CC#CC#CC#CC#CC#CC#CC#CC#CC#CC#CC#CC#CC#CC#CC#CC#CC#CC#CC#CC#CC#CC#CC#CI.CCN(CCO)CC1COc2cccc3c(C(=O)c4cccc5ccccc45)c(C)n1c23. The van der Waals surface area contributed by atoms with Crippen LogP contribution in [0.2, 0.25) is 0 Å². The Kier molecular flexibility index (Phi) is 30.6. The number of hydrogen-bond acceptors (Lipinski definition) is 4. The Hall–Kier alpha value is -13.4. The van der Waals surface area contributed by atoms with Crippen molar-refractivity contribution in [1.29, 1.82) is 0 Å². The van der Waals surface area contributed by atoms with Crippen molar-refractivity contribution in [3.8, 4) is 300 Å². The monoisotopic (exact) mass is 1160 g/mol. The summed E-state index contributed by atoms with van der Waals surface area (Å²) in [7, 11) is 0. The lowest BCUT2D eigenvalue weighted by Gasteiger charge is -2.32. The molecule has 0 amide bonds. The summed E-state index contributed by atoms with van der Waals surface area (Å²) in [5, 5.41) is 12.4. The van der Waals surface area contributed by atoms with Gasteiger partial charge in [-0.1, -0.05) is 61.5 Å². The van der Waals surface area contributed by atoms with Gasteiger partial charge in [0.2, 0.25) is 0 Å². The van der Waals surface area contributed by atoms with Crippen LogP contribution in [0.5, 0.6) is 5.75 Å². The topological polar surface area (TPSA) is 54.7 Å². The van der Waals surface area contributed by atoms with E-state index in [9.17, 15) is 9.90 Å². The van der Waals surface area contributed by atoms with Crippen molar-refractivity contribution in [3.63, 3.8) is 0 Å². The number of aliphatic hydroxyl groups excluding tert-OH is 1. The van der Waals surface area contributed by atoms with E-state index in [-0.39, 0.29) is 18.4 Å². The Morgan fingerprint density at radius 1 is 0.518 bits per heavy atom. The first-order chi connectivity index (χ1) is 41.0. The summed E-state index contributed by atoms with van der Waals surface area (Å²) in [6, 6.07) is 20.0. The molecule has 0 bridgehead atoms. The number of ketones is 1. The molecule has 5 rings (SSSR count). The number of carbonyl (C=O) groups excluding carboxylic acids is 1. The van der Waals surface area contributed by atoms with Crippen LogP contribution in [0.25, 0.3) is 21.7 Å². The predicted octanol–water partition coefficient (Wildman–Crippen LogP) is 5.68. The predicted molar refractivity (Wildman–Crippen MR) is 337 cm³/mol. The van der Waals surface area contributed by atoms with Gasteiger partial charge in [-0.15, -0.1) is 6.42 Å². The molecular formula is C77H29IN2O3. The maximum absolute atomic E-state index is 13.9. The van der Waals surface area contributed by atoms with Crippen LogP contribution in [0.3, 0.4) is 0 Å². The summed E-state index contributed by atoms with van der Waals surface area (Å²) in [5.74, 6) is 120. The van der Waals surface area contributed by atoms with E-state index in [1.165, 1.54) is 0 Å². The second-order valence-corrected chi connectivity index (χ2v) is 15.1. The van der Waals surface area contributed by atoms with Gasteiger partial charge in [0.05, 0.1) is 23.7 Å². The standard InChI is InChI=1S/C50HI.C27H28N2O3/c1-2-3-4-5-6-7-8-9-10-11-12-13-14-15-16-17-18-19-20-21-22-23-24-25-26-27-28-29-30-31-32-33-34-35-36-37-38-39-40-41-42-43-44-45-46-47-48-49-50-51;1-3-28(14-15-30)16-20-17-32-24-13-7-12-23-25(18(2)29(20)26(23)24)27(31)22-11-6-9-19-8-4-5-10-21(19)22/h1H;4-13,20,30H,3,14-17H2,1-2H3. The van der Waals surface area contributed by atoms with Gasteiger partial charge in [0.15, 0.2) is 5.78 Å². The van der Waals surface area contributed by atoms with Crippen LogP contribution in [0.15, 0.2) is 60.7 Å². The van der Waals surface area contributed by atoms with Crippen molar-refractivity contribution in [2.24, 2.45) is 0 Å². The molecule has 6 heteroatoms. The largest absolute Gasteiger partial charge is 0.489 e. The summed E-state index contributed by atoms with van der Waals surface area (Å²) in [4.78, 5) is 16.2. The minimum absolute atomic E-state index is 0.0450. The molecule has 1 N–H and O–H groups in total. The number of hydrogen-bond donors (Lipinski definition) is 1. The number of carbonyl (C=O) groups is 1. The molecule has 1 atom stereocenters. The van der Waals surface area contributed by atoms with Crippen molar-refractivity contribution in [3.05, 3.63) is 77.5 Å². The van der Waals surface area contributed by atoms with Crippen LogP contribution >= 0.6 is 22.6 Å². The molecule has 0 aliphatic carbocycles. The molecule has 0 saturated heterocycles. The van der Waals surface area contributed by atoms with Crippen molar-refractivity contribution in [2.75, 3.05) is 32.8 Å². The van der Waals surface area contributed by atoms with Crippen molar-refractivity contribution in [2.45, 2.75) is 19.9 Å². The van der Waals surface area contributed by atoms with Gasteiger partial charge >= 0.3 is 0 Å². The summed E-state index contributed by atoms with van der Waals surface area (Å²) >= 11 is 1.88. The second-order valence-electron chi connectivity index (χ2n) is 14.5. The lowest BCUT2D eigenvalue weighted by molar-refractivity contribution is 0.104. The van der Waals surface area contributed by atoms with Gasteiger partial charge in [-0.2, -0.15) is 0 Å². The number of likely N-dealkylation sites (N-methyl/N-ethyl adjacent to an activating group) is 1. The first kappa shape index (κ1) is 62.1. The average Bonchev–Trinajstić information content (AvgIpc) is 2.15. The minimum atomic E-state index is 0.0450. The molecule has 2 heterocycles. The summed E-state index contributed by atoms with van der Waals surface area (Å²) in [5.41, 5.74) is 3.44. The summed E-state index contributed by atoms with van der Waals surface area (Å²) in [6.45, 7) is 7.06. The lowest BCUT2D eigenvalue weighted by atomic mass is 9.95. The van der Waals surface area contributed by atoms with Gasteiger partial charge in [-0.05, 0) is 129 Å². The van der Waals surface area contributed by atoms with E-state index in [1.807, 2.05) is 90.2 Å². The lowest BCUT2D eigenvalue weighted by Crippen LogP contribution is -2.37. The molecule has 0 spiro atoms. The van der Waals surface area contributed by atoms with E-state index in [2.05, 4.69) is 304 Å². The highest BCUT2D eigenvalue weighted by molar-refractivity contribution is 14.1. The molecule has 1 aliphatic heterocycles. The molecule has 0 radical (unpaired) electrons. The number of nitrogens with zero attached hydrogens (tertiary/aromatic N) is 2. The van der Waals surface area contributed by atoms with Crippen LogP contribution in [-0.4, -0.2) is 53.2 Å². The van der Waals surface area contributed by atoms with E-state index in [0.29, 0.717) is 13.2 Å². The molecule has 1 aliphatic rings. The zero-order chi connectivity index (χ0) is 58.9. The van der Waals surface area contributed by atoms with E-state index in [4.69, 9.17) is 11.2 Å². The molecule has 1 aromatic heterocycles. The number of rotatable bonds is 7. The molecule has 5 nitrogen and oxygen atoms in total. The Bertz CT molecular complexity index is 5010. The van der Waals surface area contributed by atoms with E-state index in [0.717, 1.165) is 57.3 Å². The number of fused-ring (bicyclic) bond motifs is 1. The average molecular weight is 1160 g/mol. The van der Waals surface area contributed by atoms with Crippen molar-refractivity contribution >= 4 is 50.0 Å². The minimum Gasteiger partial charge on any atom is -0.489 e. The van der Waals surface area contributed by atoms with Gasteiger partial charge in [-0.3, -0.25) is 9.69 Å². The van der Waals surface area contributed by atoms with Gasteiger partial charge < -0.3 is 14.4 Å². The molecule has 83 heavy (non-hydrogen) atoms. The van der Waals surface area contributed by atoms with Crippen LogP contribution in [0.1, 0.15) is 34.6 Å². The molecule has 1 unspecified atom stereocenters. The number of terminal acetylenes is 1. The maximum atomic E-state index is 13.9. The highest BCUT2D eigenvalue weighted by atomic mass is 127. The van der Waals surface area contributed by atoms with Crippen molar-refractivity contribution in [1.82, 2.24) is 9.47 Å². The maximum Gasteiger partial charge on any atom is 0.196 e. The number of benzene rings is 3. The van der Waals surface area contributed by atoms with E-state index in [1.54, 1.807) is 0 Å². The number of aliphatic hydroxyl groups is 1. The zero-order valence-electron chi connectivity index (χ0n) is 44.0. The molecular weight excluding hydrogens is 1130 g/mol. The zero-order valence-corrected chi connectivity index (χ0v) is 46.2. The summed E-state index contributed by atoms with van der Waals surface area (Å²) in [6.07, 6.45) is 4.94. The van der Waals surface area contributed by atoms with Gasteiger partial charge in [0, 0.05) is 242 Å². The summed E-state index contributed by atoms with van der Waals surface area (Å²) < 4.78 is 11.0. The third-order valence-electron chi connectivity index (χ3n) is 9.62. The van der Waals surface area contributed by atoms with Gasteiger partial charge in [0.1, 0.15) is 12.4 Å². The fraction of sp³-hybridized carbons (Fsp3) is 0.104. The number of ether oxygens (including phenoxy) is 1. The third kappa shape index (κ3) is 24.4. The van der Waals surface area contributed by atoms with E-state index < -0.39 is 0 Å². The number of halogens is 1. The molecule has 4 aromatic rings. The normalized spacial score (nSPS) is 8.36. The Labute approximate surface area is 501 Å². The highest BCUT2D eigenvalue weighted by Gasteiger charge is 2.31. The van der Waals surface area contributed by atoms with Gasteiger partial charge in [0.25, 0.3) is 0 Å². The number of para-hydroxylation sites is 1. The quantitative estimate of drug-likeness (QED) is 0.147. The second kappa shape index (κ2) is 40.8. The Balaban J connectivity index is 0.000000390. The highest BCUT2D eigenvalue weighted by Crippen LogP contribution is 2.40. The van der Waals surface area contributed by atoms with E-state index >= 15 is 0 Å². The first-order valence-electron chi connectivity index (χ1n) is 23.7. The van der Waals surface area contributed by atoms with Crippen molar-refractivity contribution < 1.29 is 14.6 Å². The smallest absolute Gasteiger partial charge is 0.196 e. The van der Waals surface area contributed by atoms with Gasteiger partial charge in [-0.25, -0.2) is 0 Å². The fourth-order valence-electron chi connectivity index (χ4n) is 6.55. The van der Waals surface area contributed by atoms with Crippen LogP contribution in [0.4, 0.5) is 0 Å². The Morgan fingerprint density at radius 2 is 0.867 bits per heavy atom. The van der Waals surface area contributed by atoms with Crippen LogP contribution in [0, 0.1) is 301 Å². The molecule has 0 fully saturated rings. The van der Waals surface area contributed by atoms with Crippen LogP contribution in [-0.2, 0) is 0 Å². The first-order valence-corrected chi connectivity index (χ1v) is 24.8. The molecule has 3 aromatic carbocycles. The Morgan fingerprint density at radius 3 is 1.24 bits per heavy atom.